The molecule has 0 bridgehead atoms. The lowest BCUT2D eigenvalue weighted by Crippen LogP contribution is -2.48. The highest BCUT2D eigenvalue weighted by Crippen LogP contribution is 2.22. The van der Waals surface area contributed by atoms with E-state index in [4.69, 9.17) is 14.9 Å². The van der Waals surface area contributed by atoms with Gasteiger partial charge in [-0.15, -0.1) is 0 Å². The molecule has 0 saturated carbocycles. The zero-order valence-corrected chi connectivity index (χ0v) is 14.7. The minimum absolute atomic E-state index is 0.0607. The molecule has 3 heterocycles. The molecule has 0 aromatic carbocycles. The fraction of sp³-hybridized carbons (Fsp3) is 0.722. The molecule has 0 radical (unpaired) electrons. The highest BCUT2D eigenvalue weighted by Gasteiger charge is 2.28. The lowest BCUT2D eigenvalue weighted by Gasteiger charge is -2.39. The standard InChI is InChI=1S/C18H29N3O3/c1-13-9-20(10-14(2)24-13)11-15-3-5-21(6-4-15)18(22)16-7-17(8-19)23-12-16/h7,12-15H,3-6,8-11,19H2,1-2H3. The van der Waals surface area contributed by atoms with E-state index in [1.54, 1.807) is 6.07 Å². The van der Waals surface area contributed by atoms with Crippen LogP contribution in [-0.4, -0.2) is 60.6 Å². The van der Waals surface area contributed by atoms with Crippen LogP contribution in [0.15, 0.2) is 16.7 Å². The summed E-state index contributed by atoms with van der Waals surface area (Å²) < 4.78 is 11.1. The van der Waals surface area contributed by atoms with Crippen molar-refractivity contribution in [1.29, 1.82) is 0 Å². The lowest BCUT2D eigenvalue weighted by atomic mass is 9.95. The summed E-state index contributed by atoms with van der Waals surface area (Å²) >= 11 is 0. The largest absolute Gasteiger partial charge is 0.467 e. The predicted octanol–water partition coefficient (Wildman–Crippen LogP) is 1.70. The summed E-state index contributed by atoms with van der Waals surface area (Å²) in [5, 5.41) is 0. The van der Waals surface area contributed by atoms with Crippen LogP contribution in [0, 0.1) is 5.92 Å². The summed E-state index contributed by atoms with van der Waals surface area (Å²) in [6, 6.07) is 1.75. The summed E-state index contributed by atoms with van der Waals surface area (Å²) in [7, 11) is 0. The second kappa shape index (κ2) is 7.68. The molecule has 1 aromatic rings. The van der Waals surface area contributed by atoms with Gasteiger partial charge < -0.3 is 19.8 Å². The monoisotopic (exact) mass is 335 g/mol. The van der Waals surface area contributed by atoms with Crippen LogP contribution in [0.4, 0.5) is 0 Å². The van der Waals surface area contributed by atoms with Crippen molar-refractivity contribution in [1.82, 2.24) is 9.80 Å². The van der Waals surface area contributed by atoms with E-state index in [9.17, 15) is 4.79 Å². The summed E-state index contributed by atoms with van der Waals surface area (Å²) in [5.74, 6) is 1.38. The number of carbonyl (C=O) groups is 1. The van der Waals surface area contributed by atoms with Crippen molar-refractivity contribution < 1.29 is 13.9 Å². The van der Waals surface area contributed by atoms with Gasteiger partial charge >= 0.3 is 0 Å². The van der Waals surface area contributed by atoms with Crippen molar-refractivity contribution in [2.24, 2.45) is 11.7 Å². The van der Waals surface area contributed by atoms with Crippen molar-refractivity contribution in [2.75, 3.05) is 32.7 Å². The molecule has 3 rings (SSSR count). The van der Waals surface area contributed by atoms with Crippen LogP contribution in [0.25, 0.3) is 0 Å². The third-order valence-corrected chi connectivity index (χ3v) is 5.02. The first-order valence-corrected chi connectivity index (χ1v) is 8.99. The van der Waals surface area contributed by atoms with Crippen LogP contribution in [0.2, 0.25) is 0 Å². The van der Waals surface area contributed by atoms with Crippen molar-refractivity contribution >= 4 is 5.91 Å². The van der Waals surface area contributed by atoms with Crippen LogP contribution in [0.5, 0.6) is 0 Å². The van der Waals surface area contributed by atoms with Gasteiger partial charge in [-0.05, 0) is 38.7 Å². The number of amides is 1. The number of nitrogens with two attached hydrogens (primary N) is 1. The third-order valence-electron chi connectivity index (χ3n) is 5.02. The number of piperidine rings is 1. The van der Waals surface area contributed by atoms with E-state index in [1.165, 1.54) is 6.26 Å². The van der Waals surface area contributed by atoms with E-state index in [2.05, 4.69) is 18.7 Å². The van der Waals surface area contributed by atoms with Crippen molar-refractivity contribution in [2.45, 2.75) is 45.4 Å². The Labute approximate surface area is 143 Å². The molecule has 0 aliphatic carbocycles. The summed E-state index contributed by atoms with van der Waals surface area (Å²) in [5.41, 5.74) is 6.15. The second-order valence-corrected chi connectivity index (χ2v) is 7.22. The molecular weight excluding hydrogens is 306 g/mol. The average Bonchev–Trinajstić information content (AvgIpc) is 3.03. The van der Waals surface area contributed by atoms with Gasteiger partial charge in [0.1, 0.15) is 12.0 Å². The molecule has 2 N–H and O–H groups in total. The number of ether oxygens (including phenoxy) is 1. The Morgan fingerprint density at radius 1 is 1.25 bits per heavy atom. The van der Waals surface area contributed by atoms with Gasteiger partial charge in [-0.25, -0.2) is 0 Å². The first-order valence-electron chi connectivity index (χ1n) is 8.99. The zero-order valence-electron chi connectivity index (χ0n) is 14.7. The van der Waals surface area contributed by atoms with Crippen LogP contribution in [-0.2, 0) is 11.3 Å². The molecule has 0 spiro atoms. The summed E-state index contributed by atoms with van der Waals surface area (Å²) in [6.45, 7) is 9.40. The van der Waals surface area contributed by atoms with Gasteiger partial charge in [0.05, 0.1) is 24.3 Å². The number of morpholine rings is 1. The Morgan fingerprint density at radius 2 is 1.92 bits per heavy atom. The molecule has 2 aliphatic rings. The lowest BCUT2D eigenvalue weighted by molar-refractivity contribution is -0.0728. The number of nitrogens with zero attached hydrogens (tertiary/aromatic N) is 2. The maximum atomic E-state index is 12.5. The highest BCUT2D eigenvalue weighted by molar-refractivity contribution is 5.94. The van der Waals surface area contributed by atoms with E-state index < -0.39 is 0 Å². The van der Waals surface area contributed by atoms with Crippen molar-refractivity contribution in [3.63, 3.8) is 0 Å². The molecule has 2 unspecified atom stereocenters. The maximum Gasteiger partial charge on any atom is 0.257 e. The smallest absolute Gasteiger partial charge is 0.257 e. The number of furan rings is 1. The molecule has 1 amide bonds. The SMILES string of the molecule is CC1CN(CC2CCN(C(=O)c3coc(CN)c3)CC2)CC(C)O1. The normalized spacial score (nSPS) is 26.7. The summed E-state index contributed by atoms with van der Waals surface area (Å²) in [4.78, 5) is 17.0. The van der Waals surface area contributed by atoms with E-state index in [0.29, 0.717) is 36.0 Å². The van der Waals surface area contributed by atoms with E-state index >= 15 is 0 Å². The number of likely N-dealkylation sites (tertiary alicyclic amines) is 1. The zero-order chi connectivity index (χ0) is 17.1. The Morgan fingerprint density at radius 3 is 2.50 bits per heavy atom. The van der Waals surface area contributed by atoms with Crippen LogP contribution >= 0.6 is 0 Å². The van der Waals surface area contributed by atoms with Gasteiger partial charge in [-0.3, -0.25) is 9.69 Å². The minimum Gasteiger partial charge on any atom is -0.467 e. The molecule has 2 aliphatic heterocycles. The average molecular weight is 335 g/mol. The molecule has 6 heteroatoms. The third kappa shape index (κ3) is 4.18. The fourth-order valence-corrected chi connectivity index (χ4v) is 3.90. The van der Waals surface area contributed by atoms with Crippen LogP contribution < -0.4 is 5.73 Å². The molecular formula is C18H29N3O3. The summed E-state index contributed by atoms with van der Waals surface area (Å²) in [6.07, 6.45) is 4.27. The molecule has 2 atom stereocenters. The Bertz CT molecular complexity index is 541. The van der Waals surface area contributed by atoms with Gasteiger partial charge in [-0.1, -0.05) is 0 Å². The van der Waals surface area contributed by atoms with Crippen molar-refractivity contribution in [3.8, 4) is 0 Å². The first kappa shape index (κ1) is 17.5. The Balaban J connectivity index is 1.47. The van der Waals surface area contributed by atoms with E-state index in [-0.39, 0.29) is 5.91 Å². The molecule has 134 valence electrons. The second-order valence-electron chi connectivity index (χ2n) is 7.22. The number of hydrogen-bond donors (Lipinski definition) is 1. The molecule has 6 nitrogen and oxygen atoms in total. The molecule has 1 aromatic heterocycles. The van der Waals surface area contributed by atoms with Gasteiger partial charge in [0, 0.05) is 32.7 Å². The van der Waals surface area contributed by atoms with Gasteiger partial charge in [-0.2, -0.15) is 0 Å². The van der Waals surface area contributed by atoms with Crippen LogP contribution in [0.1, 0.15) is 42.8 Å². The van der Waals surface area contributed by atoms with Crippen LogP contribution in [0.3, 0.4) is 0 Å². The predicted molar refractivity (Wildman–Crippen MR) is 91.7 cm³/mol. The Kier molecular flexibility index (Phi) is 5.58. The minimum atomic E-state index is 0.0607. The molecule has 2 fully saturated rings. The fourth-order valence-electron chi connectivity index (χ4n) is 3.90. The van der Waals surface area contributed by atoms with Gasteiger partial charge in [0.2, 0.25) is 0 Å². The van der Waals surface area contributed by atoms with E-state index in [0.717, 1.165) is 45.6 Å². The van der Waals surface area contributed by atoms with Gasteiger partial charge in [0.15, 0.2) is 0 Å². The van der Waals surface area contributed by atoms with Crippen molar-refractivity contribution in [3.05, 3.63) is 23.7 Å². The maximum absolute atomic E-state index is 12.5. The number of hydrogen-bond acceptors (Lipinski definition) is 5. The quantitative estimate of drug-likeness (QED) is 0.907. The highest BCUT2D eigenvalue weighted by atomic mass is 16.5. The first-order chi connectivity index (χ1) is 11.5. The molecule has 24 heavy (non-hydrogen) atoms. The number of carbonyl (C=O) groups excluding carboxylic acids is 1. The molecule has 2 saturated heterocycles. The topological polar surface area (TPSA) is 71.9 Å². The van der Waals surface area contributed by atoms with Gasteiger partial charge in [0.25, 0.3) is 5.91 Å². The number of rotatable bonds is 4. The van der Waals surface area contributed by atoms with E-state index in [1.807, 2.05) is 4.90 Å². The Hall–Kier alpha value is -1.37.